The number of hydrogen-bond acceptors (Lipinski definition) is 2. The van der Waals surface area contributed by atoms with Gasteiger partial charge in [-0.15, -0.1) is 0 Å². The highest BCUT2D eigenvalue weighted by molar-refractivity contribution is 5.93. The predicted octanol–water partition coefficient (Wildman–Crippen LogP) is 2.30. The van der Waals surface area contributed by atoms with Crippen molar-refractivity contribution < 1.29 is 14.7 Å². The molecule has 18 heavy (non-hydrogen) atoms. The van der Waals surface area contributed by atoms with E-state index in [0.717, 1.165) is 6.42 Å². The third-order valence-electron chi connectivity index (χ3n) is 3.97. The second-order valence-corrected chi connectivity index (χ2v) is 5.39. The lowest BCUT2D eigenvalue weighted by Crippen LogP contribution is -2.40. The highest BCUT2D eigenvalue weighted by Crippen LogP contribution is 2.38. The Morgan fingerprint density at radius 1 is 1.44 bits per heavy atom. The minimum atomic E-state index is -0.787. The van der Waals surface area contributed by atoms with Gasteiger partial charge in [0.25, 0.3) is 0 Å². The highest BCUT2D eigenvalue weighted by atomic mass is 16.4. The molecule has 0 saturated carbocycles. The molecule has 4 heteroatoms. The maximum Gasteiger partial charge on any atom is 0.311 e. The van der Waals surface area contributed by atoms with Crippen LogP contribution >= 0.6 is 0 Å². The number of amides is 1. The van der Waals surface area contributed by atoms with Crippen LogP contribution in [0.3, 0.4) is 0 Å². The fraction of sp³-hybridized carbons (Fsp3) is 0.714. The molecule has 1 aliphatic heterocycles. The van der Waals surface area contributed by atoms with E-state index >= 15 is 0 Å². The van der Waals surface area contributed by atoms with Crippen molar-refractivity contribution in [3.8, 4) is 0 Å². The molecule has 102 valence electrons. The summed E-state index contributed by atoms with van der Waals surface area (Å²) in [5.41, 5.74) is -0.0650. The van der Waals surface area contributed by atoms with Crippen molar-refractivity contribution in [3.63, 3.8) is 0 Å². The molecular weight excluding hydrogens is 230 g/mol. The molecule has 0 aromatic carbocycles. The molecule has 1 amide bonds. The van der Waals surface area contributed by atoms with Crippen LogP contribution in [0.15, 0.2) is 11.6 Å². The van der Waals surface area contributed by atoms with Gasteiger partial charge in [-0.1, -0.05) is 26.8 Å². The van der Waals surface area contributed by atoms with Crippen LogP contribution in [-0.4, -0.2) is 35.0 Å². The minimum Gasteiger partial charge on any atom is -0.481 e. The summed E-state index contributed by atoms with van der Waals surface area (Å²) in [4.78, 5) is 25.3. The molecule has 1 unspecified atom stereocenters. The maximum absolute atomic E-state index is 12.1. The Kier molecular flexibility index (Phi) is 4.54. The molecule has 0 radical (unpaired) electrons. The van der Waals surface area contributed by atoms with Gasteiger partial charge in [0, 0.05) is 18.7 Å². The van der Waals surface area contributed by atoms with Gasteiger partial charge < -0.3 is 10.0 Å². The number of carbonyl (C=O) groups is 2. The van der Waals surface area contributed by atoms with Crippen molar-refractivity contribution in [1.29, 1.82) is 0 Å². The van der Waals surface area contributed by atoms with Crippen LogP contribution in [-0.2, 0) is 9.59 Å². The van der Waals surface area contributed by atoms with E-state index in [1.54, 1.807) is 11.8 Å². The second kappa shape index (κ2) is 5.55. The number of carboxylic acid groups (broad SMARTS) is 1. The summed E-state index contributed by atoms with van der Waals surface area (Å²) < 4.78 is 0. The molecule has 0 aromatic heterocycles. The normalized spacial score (nSPS) is 24.7. The van der Waals surface area contributed by atoms with E-state index < -0.39 is 11.4 Å². The molecule has 1 fully saturated rings. The van der Waals surface area contributed by atoms with Gasteiger partial charge in [0.05, 0.1) is 5.41 Å². The van der Waals surface area contributed by atoms with E-state index in [9.17, 15) is 14.7 Å². The van der Waals surface area contributed by atoms with Crippen LogP contribution < -0.4 is 0 Å². The number of allylic oxidation sites excluding steroid dienone is 1. The first-order chi connectivity index (χ1) is 8.35. The van der Waals surface area contributed by atoms with Gasteiger partial charge in [0.2, 0.25) is 5.91 Å². The van der Waals surface area contributed by atoms with E-state index in [1.807, 2.05) is 26.8 Å². The van der Waals surface area contributed by atoms with Gasteiger partial charge >= 0.3 is 5.97 Å². The molecular formula is C14H23NO3. The summed E-state index contributed by atoms with van der Waals surface area (Å²) in [5, 5.41) is 9.42. The van der Waals surface area contributed by atoms with Gasteiger partial charge in [-0.05, 0) is 25.7 Å². The van der Waals surface area contributed by atoms with Gasteiger partial charge in [0.1, 0.15) is 0 Å². The smallest absolute Gasteiger partial charge is 0.311 e. The number of aliphatic carboxylic acids is 1. The minimum absolute atomic E-state index is 0.0272. The van der Waals surface area contributed by atoms with Crippen molar-refractivity contribution in [2.75, 3.05) is 13.1 Å². The quantitative estimate of drug-likeness (QED) is 0.782. The molecule has 1 rings (SSSR count). The molecule has 0 aromatic rings. The number of nitrogens with zero attached hydrogens (tertiary/aromatic N) is 1. The predicted molar refractivity (Wildman–Crippen MR) is 70.2 cm³/mol. The fourth-order valence-corrected chi connectivity index (χ4v) is 2.54. The lowest BCUT2D eigenvalue weighted by molar-refractivity contribution is -0.151. The zero-order valence-electron chi connectivity index (χ0n) is 11.7. The van der Waals surface area contributed by atoms with E-state index in [1.165, 1.54) is 0 Å². The lowest BCUT2D eigenvalue weighted by atomic mass is 9.76. The number of hydrogen-bond donors (Lipinski definition) is 1. The van der Waals surface area contributed by atoms with Crippen LogP contribution in [0.4, 0.5) is 0 Å². The molecule has 1 saturated heterocycles. The fourth-order valence-electron chi connectivity index (χ4n) is 2.54. The van der Waals surface area contributed by atoms with Crippen molar-refractivity contribution in [2.45, 2.75) is 40.5 Å². The van der Waals surface area contributed by atoms with Crippen molar-refractivity contribution >= 4 is 11.9 Å². The maximum atomic E-state index is 12.1. The molecule has 1 atom stereocenters. The number of carbonyl (C=O) groups excluding carboxylic acids is 1. The standard InChI is InChI=1S/C14H23NO3/c1-5-6-11(4)12(16)15-8-7-14(9-15,10(2)3)13(17)18/h6,10H,5,7-9H2,1-4H3,(H,17,18)/b11-6-. The van der Waals surface area contributed by atoms with E-state index in [2.05, 4.69) is 0 Å². The average molecular weight is 253 g/mol. The van der Waals surface area contributed by atoms with Gasteiger partial charge in [-0.3, -0.25) is 9.59 Å². The molecule has 0 spiro atoms. The van der Waals surface area contributed by atoms with Crippen LogP contribution in [0.25, 0.3) is 0 Å². The van der Waals surface area contributed by atoms with E-state index in [-0.39, 0.29) is 11.8 Å². The lowest BCUT2D eigenvalue weighted by Gasteiger charge is -2.28. The van der Waals surface area contributed by atoms with Crippen molar-refractivity contribution in [3.05, 3.63) is 11.6 Å². The molecule has 1 heterocycles. The topological polar surface area (TPSA) is 57.6 Å². The van der Waals surface area contributed by atoms with E-state index in [0.29, 0.717) is 25.1 Å². The molecule has 4 nitrogen and oxygen atoms in total. The van der Waals surface area contributed by atoms with E-state index in [4.69, 9.17) is 0 Å². The van der Waals surface area contributed by atoms with Crippen LogP contribution in [0, 0.1) is 11.3 Å². The number of likely N-dealkylation sites (tertiary alicyclic amines) is 1. The monoisotopic (exact) mass is 253 g/mol. The average Bonchev–Trinajstić information content (AvgIpc) is 2.74. The Balaban J connectivity index is 2.85. The first-order valence-electron chi connectivity index (χ1n) is 6.54. The van der Waals surface area contributed by atoms with Crippen molar-refractivity contribution in [1.82, 2.24) is 4.90 Å². The number of carboxylic acids is 1. The first-order valence-corrected chi connectivity index (χ1v) is 6.54. The van der Waals surface area contributed by atoms with Gasteiger partial charge in [-0.2, -0.15) is 0 Å². The summed E-state index contributed by atoms with van der Waals surface area (Å²) in [7, 11) is 0. The molecule has 1 aliphatic rings. The molecule has 0 bridgehead atoms. The molecule has 0 aliphatic carbocycles. The Morgan fingerprint density at radius 3 is 2.44 bits per heavy atom. The third-order valence-corrected chi connectivity index (χ3v) is 3.97. The van der Waals surface area contributed by atoms with Gasteiger partial charge in [0.15, 0.2) is 0 Å². The largest absolute Gasteiger partial charge is 0.481 e. The third kappa shape index (κ3) is 2.57. The Morgan fingerprint density at radius 2 is 2.06 bits per heavy atom. The molecule has 1 N–H and O–H groups in total. The summed E-state index contributed by atoms with van der Waals surface area (Å²) >= 11 is 0. The SMILES string of the molecule is CC/C=C(/C)C(=O)N1CCC(C(=O)O)(C(C)C)C1. The van der Waals surface area contributed by atoms with Gasteiger partial charge in [-0.25, -0.2) is 0 Å². The number of rotatable bonds is 4. The first kappa shape index (κ1) is 14.7. The van der Waals surface area contributed by atoms with Crippen LogP contribution in [0.1, 0.15) is 40.5 Å². The Labute approximate surface area is 109 Å². The Hall–Kier alpha value is -1.32. The van der Waals surface area contributed by atoms with Crippen LogP contribution in [0.5, 0.6) is 0 Å². The van der Waals surface area contributed by atoms with Crippen molar-refractivity contribution in [2.24, 2.45) is 11.3 Å². The zero-order chi connectivity index (χ0) is 13.9. The zero-order valence-corrected chi connectivity index (χ0v) is 11.7. The highest BCUT2D eigenvalue weighted by Gasteiger charge is 2.48. The summed E-state index contributed by atoms with van der Waals surface area (Å²) in [6, 6.07) is 0. The summed E-state index contributed by atoms with van der Waals surface area (Å²) in [6.45, 7) is 8.47. The second-order valence-electron chi connectivity index (χ2n) is 5.39. The van der Waals surface area contributed by atoms with Crippen LogP contribution in [0.2, 0.25) is 0 Å². The summed E-state index contributed by atoms with van der Waals surface area (Å²) in [6.07, 6.45) is 3.25. The Bertz CT molecular complexity index is 373. The summed E-state index contributed by atoms with van der Waals surface area (Å²) in [5.74, 6) is -0.784.